The Balaban J connectivity index is 1.48. The number of halogens is 12. The molecule has 2 N–H and O–H groups in total. The van der Waals surface area contributed by atoms with Gasteiger partial charge in [-0.1, -0.05) is 0 Å². The number of hydrogen-bond acceptors (Lipinski definition) is 4. The minimum atomic E-state index is -5.14. The van der Waals surface area contributed by atoms with Crippen LogP contribution in [0.2, 0.25) is 0 Å². The van der Waals surface area contributed by atoms with Crippen molar-refractivity contribution in [2.45, 2.75) is 24.7 Å². The van der Waals surface area contributed by atoms with Crippen molar-refractivity contribution in [1.82, 2.24) is 0 Å². The van der Waals surface area contributed by atoms with Crippen LogP contribution in [-0.4, -0.2) is 6.03 Å². The van der Waals surface area contributed by atoms with E-state index in [2.05, 4.69) is 5.32 Å². The van der Waals surface area contributed by atoms with Crippen molar-refractivity contribution in [3.63, 3.8) is 0 Å². The summed E-state index contributed by atoms with van der Waals surface area (Å²) in [5.41, 5.74) is -6.12. The van der Waals surface area contributed by atoms with Gasteiger partial charge in [0.15, 0.2) is 0 Å². The van der Waals surface area contributed by atoms with Crippen LogP contribution < -0.4 is 24.2 Å². The van der Waals surface area contributed by atoms with E-state index in [1.807, 2.05) is 5.32 Å². The first-order valence-corrected chi connectivity index (χ1v) is 13.9. The van der Waals surface area contributed by atoms with Crippen LogP contribution in [0.3, 0.4) is 0 Å². The van der Waals surface area contributed by atoms with Crippen LogP contribution in [0.4, 0.5) is 68.9 Å². The van der Waals surface area contributed by atoms with E-state index in [9.17, 15) is 57.5 Å². The fourth-order valence-corrected chi connectivity index (χ4v) is 4.64. The summed E-state index contributed by atoms with van der Waals surface area (Å²) in [4.78, 5) is 12.4. The summed E-state index contributed by atoms with van der Waals surface area (Å²) < 4.78 is 173. The molecule has 0 aliphatic carbocycles. The molecule has 0 aliphatic rings. The van der Waals surface area contributed by atoms with Crippen molar-refractivity contribution < 1.29 is 71.1 Å². The van der Waals surface area contributed by atoms with Gasteiger partial charge in [-0.2, -0.15) is 52.7 Å². The zero-order valence-corrected chi connectivity index (χ0v) is 24.2. The van der Waals surface area contributed by atoms with Crippen LogP contribution in [0.5, 0.6) is 17.2 Å². The minimum Gasteiger partial charge on any atom is -0.409 e. The van der Waals surface area contributed by atoms with Gasteiger partial charge in [0, 0.05) is 11.4 Å². The van der Waals surface area contributed by atoms with E-state index < -0.39 is 67.3 Å². The summed E-state index contributed by atoms with van der Waals surface area (Å²) in [7, 11) is -2.60. The third-order valence-corrected chi connectivity index (χ3v) is 6.94. The lowest BCUT2D eigenvalue weighted by Gasteiger charge is -2.19. The van der Waals surface area contributed by atoms with Crippen molar-refractivity contribution >= 4 is 26.0 Å². The second kappa shape index (κ2) is 13.7. The van der Waals surface area contributed by atoms with E-state index in [1.165, 1.54) is 24.3 Å². The van der Waals surface area contributed by atoms with E-state index >= 15 is 0 Å². The van der Waals surface area contributed by atoms with E-state index in [1.54, 1.807) is 0 Å². The van der Waals surface area contributed by atoms with Crippen molar-refractivity contribution in [3.8, 4) is 17.2 Å². The number of rotatable bonds is 8. The van der Waals surface area contributed by atoms with Crippen LogP contribution >= 0.6 is 8.60 Å². The fourth-order valence-electron chi connectivity index (χ4n) is 3.64. The van der Waals surface area contributed by atoms with Gasteiger partial charge in [-0.15, -0.1) is 0 Å². The van der Waals surface area contributed by atoms with Crippen LogP contribution in [0.1, 0.15) is 22.3 Å². The van der Waals surface area contributed by atoms with Gasteiger partial charge < -0.3 is 24.2 Å². The average Bonchev–Trinajstić information content (AvgIpc) is 2.97. The summed E-state index contributed by atoms with van der Waals surface area (Å²) in [6.45, 7) is 0. The van der Waals surface area contributed by atoms with Gasteiger partial charge in [0.25, 0.3) is 0 Å². The number of amides is 2. The maximum Gasteiger partial charge on any atom is 0.530 e. The van der Waals surface area contributed by atoms with Gasteiger partial charge in [-0.25, -0.2) is 4.79 Å². The van der Waals surface area contributed by atoms with Crippen molar-refractivity contribution in [3.05, 3.63) is 113 Å². The highest BCUT2D eigenvalue weighted by Gasteiger charge is 2.37. The van der Waals surface area contributed by atoms with Crippen molar-refractivity contribution in [2.75, 3.05) is 10.6 Å². The monoisotopic (exact) mass is 716 g/mol. The second-order valence-electron chi connectivity index (χ2n) is 9.44. The molecule has 4 aromatic rings. The highest BCUT2D eigenvalue weighted by atomic mass is 31.2. The molecule has 0 atom stereocenters. The number of alkyl halides is 12. The summed E-state index contributed by atoms with van der Waals surface area (Å²) in [5, 5.41) is 4.08. The number of anilines is 2. The van der Waals surface area contributed by atoms with Crippen LogP contribution in [0.25, 0.3) is 0 Å². The number of urea groups is 1. The molecule has 0 heterocycles. The van der Waals surface area contributed by atoms with Crippen LogP contribution in [0.15, 0.2) is 91.0 Å². The molecule has 4 rings (SSSR count). The summed E-state index contributed by atoms with van der Waals surface area (Å²) >= 11 is 0. The molecule has 6 nitrogen and oxygen atoms in total. The van der Waals surface area contributed by atoms with Crippen LogP contribution in [0, 0.1) is 0 Å². The molecule has 0 spiro atoms. The predicted octanol–water partition coefficient (Wildman–Crippen LogP) is 11.2. The predicted molar refractivity (Wildman–Crippen MR) is 147 cm³/mol. The number of carbonyl (C=O) groups is 1. The largest absolute Gasteiger partial charge is 0.530 e. The lowest BCUT2D eigenvalue weighted by atomic mass is 10.1. The summed E-state index contributed by atoms with van der Waals surface area (Å²) in [6, 6.07) is 10.7. The molecule has 0 aliphatic heterocycles. The third kappa shape index (κ3) is 10.1. The molecular weight excluding hydrogens is 699 g/mol. The van der Waals surface area contributed by atoms with E-state index in [4.69, 9.17) is 13.6 Å². The Hall–Kier alpha value is -4.86. The molecule has 2 amide bonds. The van der Waals surface area contributed by atoms with E-state index in [0.29, 0.717) is 36.4 Å². The maximum atomic E-state index is 13.1. The highest BCUT2D eigenvalue weighted by molar-refractivity contribution is 7.43. The topological polar surface area (TPSA) is 68.8 Å². The van der Waals surface area contributed by atoms with Gasteiger partial charge in [0.1, 0.15) is 17.2 Å². The van der Waals surface area contributed by atoms with E-state index in [0.717, 1.165) is 24.3 Å². The fraction of sp³-hybridized carbons (Fsp3) is 0.138. The SMILES string of the molecule is O=C(Nc1ccc(OP(Oc2ccc(C(F)(F)F)cc2)Oc2ccc(C(F)(F)F)cc2)cc1)Nc1cc(C(F)(F)F)cc(C(F)(F)F)c1. The first-order chi connectivity index (χ1) is 22.2. The van der Waals surface area contributed by atoms with Gasteiger partial charge in [0.2, 0.25) is 0 Å². The molecule has 0 aromatic heterocycles. The normalized spacial score (nSPS) is 12.4. The lowest BCUT2D eigenvalue weighted by Crippen LogP contribution is -2.20. The molecular formula is C29H17F12N2O4P. The Bertz CT molecular complexity index is 1610. The molecule has 0 radical (unpaired) electrons. The number of benzene rings is 4. The number of carbonyl (C=O) groups excluding carboxylic acids is 1. The molecule has 19 heteroatoms. The quantitative estimate of drug-likeness (QED) is 0.141. The smallest absolute Gasteiger partial charge is 0.409 e. The Kier molecular flexibility index (Phi) is 10.3. The van der Waals surface area contributed by atoms with Gasteiger partial charge in [-0.05, 0) is 91.0 Å². The third-order valence-electron chi connectivity index (χ3n) is 5.86. The summed E-state index contributed by atoms with van der Waals surface area (Å²) in [6.07, 6.45) is -19.6. The first-order valence-electron chi connectivity index (χ1n) is 12.8. The summed E-state index contributed by atoms with van der Waals surface area (Å²) in [5.74, 6) is -0.392. The Labute approximate surface area is 263 Å². The standard InChI is InChI=1S/C29H17F12N2O4P/c30-26(31,32)16-1-7-22(8-2-16)45-48(46-23-9-3-17(4-10-23)27(33,34)35)47-24-11-5-20(6-12-24)42-25(44)43-21-14-18(28(36,37)38)13-19(15-21)29(39,40)41/h1-15H,(H2,42,43,44). The minimum absolute atomic E-state index is 0.0282. The average molecular weight is 716 g/mol. The van der Waals surface area contributed by atoms with Crippen molar-refractivity contribution in [1.29, 1.82) is 0 Å². The highest BCUT2D eigenvalue weighted by Crippen LogP contribution is 2.44. The molecule has 0 bridgehead atoms. The molecule has 0 fully saturated rings. The molecule has 4 aromatic carbocycles. The molecule has 0 saturated heterocycles. The Morgan fingerprint density at radius 3 is 1.08 bits per heavy atom. The number of hydrogen-bond donors (Lipinski definition) is 2. The van der Waals surface area contributed by atoms with Gasteiger partial charge >= 0.3 is 39.3 Å². The molecule has 0 saturated carbocycles. The zero-order valence-electron chi connectivity index (χ0n) is 23.3. The Morgan fingerprint density at radius 2 is 0.750 bits per heavy atom. The zero-order chi connectivity index (χ0) is 35.5. The molecule has 256 valence electrons. The maximum absolute atomic E-state index is 13.1. The first kappa shape index (κ1) is 36.0. The molecule has 48 heavy (non-hydrogen) atoms. The van der Waals surface area contributed by atoms with E-state index in [-0.39, 0.29) is 29.0 Å². The Morgan fingerprint density at radius 1 is 0.438 bits per heavy atom. The number of nitrogens with one attached hydrogen (secondary N) is 2. The van der Waals surface area contributed by atoms with Crippen LogP contribution in [-0.2, 0) is 24.7 Å². The molecule has 0 unspecified atom stereocenters. The van der Waals surface area contributed by atoms with Crippen molar-refractivity contribution in [2.24, 2.45) is 0 Å². The lowest BCUT2D eigenvalue weighted by molar-refractivity contribution is -0.143. The second-order valence-corrected chi connectivity index (χ2v) is 10.4. The van der Waals surface area contributed by atoms with Gasteiger partial charge in [-0.3, -0.25) is 0 Å². The van der Waals surface area contributed by atoms with Gasteiger partial charge in [0.05, 0.1) is 22.3 Å².